The Hall–Kier alpha value is -3.53. The van der Waals surface area contributed by atoms with Crippen molar-refractivity contribution in [2.75, 3.05) is 13.2 Å². The first-order chi connectivity index (χ1) is 17.1. The summed E-state index contributed by atoms with van der Waals surface area (Å²) in [7, 11) is -4.21. The lowest BCUT2D eigenvalue weighted by Crippen LogP contribution is -2.31. The number of carbonyl (C=O) groups excluding carboxylic acids is 1. The number of benzene rings is 1. The summed E-state index contributed by atoms with van der Waals surface area (Å²) >= 11 is 0. The Morgan fingerprint density at radius 1 is 1.11 bits per heavy atom. The lowest BCUT2D eigenvalue weighted by atomic mass is 10.1. The lowest BCUT2D eigenvalue weighted by molar-refractivity contribution is 0.0976. The molecule has 2 aromatic heterocycles. The number of amides is 1. The SMILES string of the molecule is Cc1cccc(S(=O)(=O)NC(=O)c2ccc(-c3cc(F)cc(OCC(C)C)c3)nc2OCC2CC2)n1. The Bertz CT molecular complexity index is 1370. The molecule has 190 valence electrons. The van der Waals surface area contributed by atoms with E-state index in [0.717, 1.165) is 12.8 Å². The van der Waals surface area contributed by atoms with Crippen LogP contribution in [0.3, 0.4) is 0 Å². The van der Waals surface area contributed by atoms with Crippen LogP contribution in [0.25, 0.3) is 11.3 Å². The van der Waals surface area contributed by atoms with E-state index in [4.69, 9.17) is 9.47 Å². The van der Waals surface area contributed by atoms with Gasteiger partial charge in [0.15, 0.2) is 5.03 Å². The average Bonchev–Trinajstić information content (AvgIpc) is 3.65. The van der Waals surface area contributed by atoms with E-state index in [9.17, 15) is 17.6 Å². The summed E-state index contributed by atoms with van der Waals surface area (Å²) in [5.74, 6) is -0.439. The molecule has 0 radical (unpaired) electrons. The van der Waals surface area contributed by atoms with Crippen molar-refractivity contribution < 1.29 is 27.1 Å². The molecule has 1 amide bonds. The number of aromatic nitrogens is 2. The van der Waals surface area contributed by atoms with E-state index >= 15 is 0 Å². The molecule has 1 fully saturated rings. The molecule has 8 nitrogen and oxygen atoms in total. The second kappa shape index (κ2) is 10.6. The number of halogens is 1. The van der Waals surface area contributed by atoms with Gasteiger partial charge in [-0.05, 0) is 68.0 Å². The highest BCUT2D eigenvalue weighted by molar-refractivity contribution is 7.90. The van der Waals surface area contributed by atoms with Gasteiger partial charge < -0.3 is 9.47 Å². The standard InChI is InChI=1S/C26H28FN3O5S/c1-16(2)14-34-21-12-19(11-20(27)13-21)23-10-9-22(26(29-23)35-15-18-7-8-18)25(31)30-36(32,33)24-6-4-5-17(3)28-24/h4-6,9-13,16,18H,7-8,14-15H2,1-3H3,(H,30,31). The van der Waals surface area contributed by atoms with Gasteiger partial charge in [0.25, 0.3) is 15.9 Å². The van der Waals surface area contributed by atoms with Crippen molar-refractivity contribution in [3.8, 4) is 22.9 Å². The third-order valence-corrected chi connectivity index (χ3v) is 6.61. The molecule has 1 aliphatic rings. The number of nitrogens with one attached hydrogen (secondary N) is 1. The smallest absolute Gasteiger partial charge is 0.281 e. The fraction of sp³-hybridized carbons (Fsp3) is 0.346. The summed E-state index contributed by atoms with van der Waals surface area (Å²) in [6, 6.07) is 11.7. The number of carbonyl (C=O) groups is 1. The molecular formula is C26H28FN3O5S. The quantitative estimate of drug-likeness (QED) is 0.424. The van der Waals surface area contributed by atoms with E-state index in [1.54, 1.807) is 25.1 Å². The monoisotopic (exact) mass is 513 g/mol. The minimum Gasteiger partial charge on any atom is -0.493 e. The van der Waals surface area contributed by atoms with E-state index < -0.39 is 21.7 Å². The normalized spacial score (nSPS) is 13.5. The maximum absolute atomic E-state index is 14.3. The molecule has 0 unspecified atom stereocenters. The van der Waals surface area contributed by atoms with Crippen LogP contribution in [0.1, 0.15) is 42.7 Å². The first kappa shape index (κ1) is 25.6. The number of rotatable bonds is 10. The van der Waals surface area contributed by atoms with E-state index in [0.29, 0.717) is 41.8 Å². The molecule has 10 heteroatoms. The summed E-state index contributed by atoms with van der Waals surface area (Å²) in [6.07, 6.45) is 2.02. The van der Waals surface area contributed by atoms with E-state index in [2.05, 4.69) is 9.97 Å². The maximum Gasteiger partial charge on any atom is 0.281 e. The highest BCUT2D eigenvalue weighted by Crippen LogP contribution is 2.32. The molecule has 4 rings (SSSR count). The summed E-state index contributed by atoms with van der Waals surface area (Å²) in [6.45, 7) is 6.40. The van der Waals surface area contributed by atoms with Gasteiger partial charge in [0.1, 0.15) is 17.1 Å². The zero-order valence-corrected chi connectivity index (χ0v) is 21.1. The zero-order chi connectivity index (χ0) is 25.9. The van der Waals surface area contributed by atoms with Crippen LogP contribution in [0.5, 0.6) is 11.6 Å². The van der Waals surface area contributed by atoms with E-state index in [-0.39, 0.29) is 22.4 Å². The molecule has 36 heavy (non-hydrogen) atoms. The Balaban J connectivity index is 1.64. The first-order valence-electron chi connectivity index (χ1n) is 11.7. The third-order valence-electron chi connectivity index (χ3n) is 5.37. The van der Waals surface area contributed by atoms with Gasteiger partial charge >= 0.3 is 0 Å². The van der Waals surface area contributed by atoms with Gasteiger partial charge in [0.2, 0.25) is 5.88 Å². The number of hydrogen-bond donors (Lipinski definition) is 1. The molecule has 1 aromatic carbocycles. The van der Waals surface area contributed by atoms with Crippen molar-refractivity contribution in [3.05, 3.63) is 65.6 Å². The topological polar surface area (TPSA) is 107 Å². The first-order valence-corrected chi connectivity index (χ1v) is 13.2. The number of sulfonamides is 1. The molecule has 0 bridgehead atoms. The van der Waals surface area contributed by atoms with Crippen molar-refractivity contribution in [1.29, 1.82) is 0 Å². The lowest BCUT2D eigenvalue weighted by Gasteiger charge is -2.14. The van der Waals surface area contributed by atoms with Gasteiger partial charge in [0, 0.05) is 17.3 Å². The summed E-state index contributed by atoms with van der Waals surface area (Å²) in [5, 5.41) is -0.269. The van der Waals surface area contributed by atoms with E-state index in [1.807, 2.05) is 18.6 Å². The highest BCUT2D eigenvalue weighted by atomic mass is 32.2. The molecule has 1 saturated carbocycles. The van der Waals surface area contributed by atoms with Crippen LogP contribution in [-0.4, -0.2) is 37.5 Å². The molecule has 0 aliphatic heterocycles. The van der Waals surface area contributed by atoms with Crippen molar-refractivity contribution >= 4 is 15.9 Å². The summed E-state index contributed by atoms with van der Waals surface area (Å²) < 4.78 is 53.3. The second-order valence-corrected chi connectivity index (χ2v) is 10.9. The van der Waals surface area contributed by atoms with Crippen molar-refractivity contribution in [2.24, 2.45) is 11.8 Å². The zero-order valence-electron chi connectivity index (χ0n) is 20.3. The Kier molecular flexibility index (Phi) is 7.53. The number of pyridine rings is 2. The van der Waals surface area contributed by atoms with Gasteiger partial charge in [-0.1, -0.05) is 19.9 Å². The maximum atomic E-state index is 14.3. The van der Waals surface area contributed by atoms with Crippen LogP contribution in [0.4, 0.5) is 4.39 Å². The number of ether oxygens (including phenoxy) is 2. The molecular weight excluding hydrogens is 485 g/mol. The highest BCUT2D eigenvalue weighted by Gasteiger charge is 2.26. The predicted octanol–water partition coefficient (Wildman–Crippen LogP) is 4.53. The van der Waals surface area contributed by atoms with Gasteiger partial charge in [-0.25, -0.2) is 19.1 Å². The van der Waals surface area contributed by atoms with Gasteiger partial charge in [-0.2, -0.15) is 8.42 Å². The molecule has 2 heterocycles. The molecule has 1 aliphatic carbocycles. The van der Waals surface area contributed by atoms with Crippen LogP contribution in [0.2, 0.25) is 0 Å². The Morgan fingerprint density at radius 2 is 1.89 bits per heavy atom. The van der Waals surface area contributed by atoms with Crippen LogP contribution in [0, 0.1) is 24.6 Å². The average molecular weight is 514 g/mol. The van der Waals surface area contributed by atoms with Crippen LogP contribution in [-0.2, 0) is 10.0 Å². The van der Waals surface area contributed by atoms with E-state index in [1.165, 1.54) is 30.3 Å². The molecule has 0 spiro atoms. The fourth-order valence-electron chi connectivity index (χ4n) is 3.32. The number of nitrogens with zero attached hydrogens (tertiary/aromatic N) is 2. The number of aryl methyl sites for hydroxylation is 1. The van der Waals surface area contributed by atoms with Crippen molar-refractivity contribution in [2.45, 2.75) is 38.6 Å². The van der Waals surface area contributed by atoms with Crippen LogP contribution in [0.15, 0.2) is 53.6 Å². The van der Waals surface area contributed by atoms with Crippen LogP contribution < -0.4 is 14.2 Å². The largest absolute Gasteiger partial charge is 0.493 e. The molecule has 0 saturated heterocycles. The summed E-state index contributed by atoms with van der Waals surface area (Å²) in [5.41, 5.74) is 1.24. The van der Waals surface area contributed by atoms with Gasteiger partial charge in [0.05, 0.1) is 18.9 Å². The number of hydrogen-bond acceptors (Lipinski definition) is 7. The third kappa shape index (κ3) is 6.57. The molecule has 3 aromatic rings. The molecule has 1 N–H and O–H groups in total. The second-order valence-electron chi connectivity index (χ2n) is 9.24. The Labute approximate surface area is 209 Å². The van der Waals surface area contributed by atoms with Crippen LogP contribution >= 0.6 is 0 Å². The van der Waals surface area contributed by atoms with Crippen molar-refractivity contribution in [1.82, 2.24) is 14.7 Å². The van der Waals surface area contributed by atoms with Crippen molar-refractivity contribution in [3.63, 3.8) is 0 Å². The van der Waals surface area contributed by atoms with Gasteiger partial charge in [-0.15, -0.1) is 0 Å². The Morgan fingerprint density at radius 3 is 2.58 bits per heavy atom. The minimum absolute atomic E-state index is 0.0294. The van der Waals surface area contributed by atoms with Gasteiger partial charge in [-0.3, -0.25) is 4.79 Å². The fourth-order valence-corrected chi connectivity index (χ4v) is 4.30. The predicted molar refractivity (Wildman–Crippen MR) is 132 cm³/mol. The molecule has 0 atom stereocenters. The minimum atomic E-state index is -4.21. The summed E-state index contributed by atoms with van der Waals surface area (Å²) in [4.78, 5) is 21.4.